The van der Waals surface area contributed by atoms with E-state index in [4.69, 9.17) is 4.99 Å². The summed E-state index contributed by atoms with van der Waals surface area (Å²) < 4.78 is 15.4. The molecule has 0 amide bonds. The highest BCUT2D eigenvalue weighted by Gasteiger charge is 2.06. The molecule has 0 radical (unpaired) electrons. The molecule has 0 aliphatic heterocycles. The molecule has 6 nitrogen and oxygen atoms in total. The van der Waals surface area contributed by atoms with Crippen LogP contribution in [-0.2, 0) is 13.0 Å². The van der Waals surface area contributed by atoms with Crippen LogP contribution >= 0.6 is 0 Å². The largest absolute Gasteiger partial charge is 0.361 e. The minimum Gasteiger partial charge on any atom is -0.361 e. The van der Waals surface area contributed by atoms with E-state index in [1.165, 1.54) is 6.07 Å². The molecule has 2 aromatic carbocycles. The van der Waals surface area contributed by atoms with Gasteiger partial charge < -0.3 is 15.6 Å². The quantitative estimate of drug-likeness (QED) is 0.324. The molecule has 3 N–H and O–H groups in total. The highest BCUT2D eigenvalue weighted by atomic mass is 19.1. The molecule has 4 aromatic rings. The fourth-order valence-corrected chi connectivity index (χ4v) is 3.40. The van der Waals surface area contributed by atoms with Crippen LogP contribution in [0.4, 0.5) is 4.39 Å². The molecule has 7 heteroatoms. The summed E-state index contributed by atoms with van der Waals surface area (Å²) in [5.41, 5.74) is 4.15. The van der Waals surface area contributed by atoms with Crippen LogP contribution in [-0.4, -0.2) is 33.8 Å². The van der Waals surface area contributed by atoms with Crippen molar-refractivity contribution in [2.24, 2.45) is 4.99 Å². The molecule has 0 atom stereocenters. The molecule has 2 aromatic heterocycles. The van der Waals surface area contributed by atoms with Gasteiger partial charge in [-0.15, -0.1) is 0 Å². The van der Waals surface area contributed by atoms with E-state index in [1.807, 2.05) is 42.2 Å². The number of nitrogens with one attached hydrogen (secondary N) is 3. The van der Waals surface area contributed by atoms with E-state index in [0.717, 1.165) is 46.6 Å². The molecule has 30 heavy (non-hydrogen) atoms. The molecule has 0 saturated heterocycles. The molecule has 2 heterocycles. The minimum atomic E-state index is -0.219. The minimum absolute atomic E-state index is 0.219. The summed E-state index contributed by atoms with van der Waals surface area (Å²) in [5, 5.41) is 11.8. The monoisotopic (exact) mass is 404 g/mol. The normalized spacial score (nSPS) is 11.7. The molecule has 0 bridgehead atoms. The molecule has 154 valence electrons. The van der Waals surface area contributed by atoms with E-state index < -0.39 is 0 Å². The average Bonchev–Trinajstić information content (AvgIpc) is 3.43. The van der Waals surface area contributed by atoms with Crippen molar-refractivity contribution in [2.45, 2.75) is 19.9 Å². The Bertz CT molecular complexity index is 1130. The summed E-state index contributed by atoms with van der Waals surface area (Å²) in [6.45, 7) is 4.07. The van der Waals surface area contributed by atoms with Gasteiger partial charge in [0.15, 0.2) is 5.96 Å². The Morgan fingerprint density at radius 2 is 2.10 bits per heavy atom. The van der Waals surface area contributed by atoms with Gasteiger partial charge in [-0.1, -0.05) is 12.1 Å². The maximum atomic E-state index is 13.6. The Labute approximate surface area is 174 Å². The number of aromatic amines is 1. The fraction of sp³-hybridized carbons (Fsp3) is 0.217. The van der Waals surface area contributed by atoms with Gasteiger partial charge in [0.2, 0.25) is 0 Å². The van der Waals surface area contributed by atoms with E-state index in [-0.39, 0.29) is 5.82 Å². The number of fused-ring (bicyclic) bond motifs is 1. The van der Waals surface area contributed by atoms with Crippen LogP contribution in [0.5, 0.6) is 0 Å². The van der Waals surface area contributed by atoms with Crippen LogP contribution in [0.25, 0.3) is 16.6 Å². The van der Waals surface area contributed by atoms with Crippen LogP contribution in [0.2, 0.25) is 0 Å². The molecule has 4 rings (SSSR count). The number of rotatable bonds is 7. The zero-order chi connectivity index (χ0) is 20.8. The van der Waals surface area contributed by atoms with Gasteiger partial charge in [-0.25, -0.2) is 14.1 Å². The number of aromatic nitrogens is 3. The van der Waals surface area contributed by atoms with E-state index in [2.05, 4.69) is 32.8 Å². The average molecular weight is 404 g/mol. The Hall–Kier alpha value is -3.61. The number of H-pyrrole nitrogens is 1. The molecular formula is C23H25FN6. The molecule has 0 fully saturated rings. The maximum absolute atomic E-state index is 13.6. The Kier molecular flexibility index (Phi) is 6.08. The first-order valence-corrected chi connectivity index (χ1v) is 10.1. The molecule has 0 aliphatic carbocycles. The standard InChI is InChI=1S/C23H25FN6/c1-2-25-23(26-11-9-18-16-27-22-8-7-19(24)14-21(18)22)28-15-17-5-3-6-20(13-17)30-12-4-10-29-30/h3-8,10,12-14,16,27H,2,9,11,15H2,1H3,(H2,25,26,28). The van der Waals surface area contributed by atoms with Crippen molar-refractivity contribution in [1.29, 1.82) is 0 Å². The number of guanidine groups is 1. The Morgan fingerprint density at radius 3 is 2.93 bits per heavy atom. The summed E-state index contributed by atoms with van der Waals surface area (Å²) >= 11 is 0. The molecule has 0 unspecified atom stereocenters. The Morgan fingerprint density at radius 1 is 1.17 bits per heavy atom. The summed E-state index contributed by atoms with van der Waals surface area (Å²) in [6.07, 6.45) is 6.39. The second-order valence-electron chi connectivity index (χ2n) is 7.00. The molecule has 0 spiro atoms. The van der Waals surface area contributed by atoms with Crippen molar-refractivity contribution < 1.29 is 4.39 Å². The van der Waals surface area contributed by atoms with Crippen molar-refractivity contribution in [3.05, 3.63) is 84.1 Å². The van der Waals surface area contributed by atoms with Gasteiger partial charge in [0.05, 0.1) is 12.2 Å². The SMILES string of the molecule is CCNC(=NCc1cccc(-n2cccn2)c1)NCCc1c[nH]c2ccc(F)cc12. The Balaban J connectivity index is 1.39. The lowest BCUT2D eigenvalue weighted by Crippen LogP contribution is -2.38. The van der Waals surface area contributed by atoms with Crippen LogP contribution in [0.3, 0.4) is 0 Å². The summed E-state index contributed by atoms with van der Waals surface area (Å²) in [6, 6.07) is 14.9. The third kappa shape index (κ3) is 4.68. The number of hydrogen-bond acceptors (Lipinski definition) is 2. The van der Waals surface area contributed by atoms with Gasteiger partial charge in [0.25, 0.3) is 0 Å². The number of hydrogen-bond donors (Lipinski definition) is 3. The van der Waals surface area contributed by atoms with Gasteiger partial charge in [-0.2, -0.15) is 5.10 Å². The summed E-state index contributed by atoms with van der Waals surface area (Å²) in [5.74, 6) is 0.538. The van der Waals surface area contributed by atoms with Crippen molar-refractivity contribution in [2.75, 3.05) is 13.1 Å². The first-order chi connectivity index (χ1) is 14.7. The zero-order valence-corrected chi connectivity index (χ0v) is 16.9. The first kappa shape index (κ1) is 19.7. The number of aliphatic imine (C=N–C) groups is 1. The summed E-state index contributed by atoms with van der Waals surface area (Å²) in [7, 11) is 0. The summed E-state index contributed by atoms with van der Waals surface area (Å²) in [4.78, 5) is 7.89. The lowest BCUT2D eigenvalue weighted by Gasteiger charge is -2.11. The van der Waals surface area contributed by atoms with Crippen molar-refractivity contribution >= 4 is 16.9 Å². The zero-order valence-electron chi connectivity index (χ0n) is 16.9. The predicted octanol–water partition coefficient (Wildman–Crippen LogP) is 3.79. The number of nitrogens with zero attached hydrogens (tertiary/aromatic N) is 3. The number of halogens is 1. The van der Waals surface area contributed by atoms with E-state index in [1.54, 1.807) is 18.3 Å². The lowest BCUT2D eigenvalue weighted by atomic mass is 10.1. The fourth-order valence-electron chi connectivity index (χ4n) is 3.40. The number of benzene rings is 2. The smallest absolute Gasteiger partial charge is 0.191 e. The van der Waals surface area contributed by atoms with Gasteiger partial charge in [0.1, 0.15) is 5.82 Å². The van der Waals surface area contributed by atoms with Gasteiger partial charge in [-0.3, -0.25) is 0 Å². The third-order valence-corrected chi connectivity index (χ3v) is 4.86. The van der Waals surface area contributed by atoms with Crippen LogP contribution in [0.15, 0.2) is 72.1 Å². The highest BCUT2D eigenvalue weighted by Crippen LogP contribution is 2.19. The van der Waals surface area contributed by atoms with Gasteiger partial charge >= 0.3 is 0 Å². The van der Waals surface area contributed by atoms with Crippen molar-refractivity contribution in [3.8, 4) is 5.69 Å². The van der Waals surface area contributed by atoms with E-state index in [0.29, 0.717) is 13.1 Å². The van der Waals surface area contributed by atoms with Crippen LogP contribution in [0, 0.1) is 5.82 Å². The van der Waals surface area contributed by atoms with Crippen molar-refractivity contribution in [1.82, 2.24) is 25.4 Å². The second-order valence-corrected chi connectivity index (χ2v) is 7.00. The van der Waals surface area contributed by atoms with Gasteiger partial charge in [-0.05, 0) is 60.9 Å². The second kappa shape index (κ2) is 9.26. The first-order valence-electron chi connectivity index (χ1n) is 10.1. The predicted molar refractivity (Wildman–Crippen MR) is 118 cm³/mol. The maximum Gasteiger partial charge on any atom is 0.191 e. The molecular weight excluding hydrogens is 379 g/mol. The molecule has 0 saturated carbocycles. The highest BCUT2D eigenvalue weighted by molar-refractivity contribution is 5.83. The van der Waals surface area contributed by atoms with E-state index >= 15 is 0 Å². The van der Waals surface area contributed by atoms with E-state index in [9.17, 15) is 4.39 Å². The lowest BCUT2D eigenvalue weighted by molar-refractivity contribution is 0.629. The van der Waals surface area contributed by atoms with Gasteiger partial charge in [0, 0.05) is 42.6 Å². The molecule has 0 aliphatic rings. The third-order valence-electron chi connectivity index (χ3n) is 4.86. The van der Waals surface area contributed by atoms with Crippen LogP contribution in [0.1, 0.15) is 18.1 Å². The van der Waals surface area contributed by atoms with Crippen LogP contribution < -0.4 is 10.6 Å². The van der Waals surface area contributed by atoms with Crippen molar-refractivity contribution in [3.63, 3.8) is 0 Å². The topological polar surface area (TPSA) is 70.0 Å².